The lowest BCUT2D eigenvalue weighted by molar-refractivity contribution is 0.174. The number of aromatic nitrogens is 1. The van der Waals surface area contributed by atoms with Gasteiger partial charge >= 0.3 is 0 Å². The van der Waals surface area contributed by atoms with Crippen LogP contribution in [-0.4, -0.2) is 31.3 Å². The molecule has 1 aromatic heterocycles. The molecule has 2 heterocycles. The van der Waals surface area contributed by atoms with Crippen LogP contribution in [0, 0.1) is 0 Å². The molecule has 0 saturated heterocycles. The highest BCUT2D eigenvalue weighted by atomic mass is 16.7. The summed E-state index contributed by atoms with van der Waals surface area (Å²) in [5, 5.41) is 6.69. The van der Waals surface area contributed by atoms with Crippen molar-refractivity contribution in [2.75, 3.05) is 20.4 Å². The molecule has 0 radical (unpaired) electrons. The minimum atomic E-state index is 0.295. The monoisotopic (exact) mass is 418 g/mol. The maximum atomic E-state index is 5.86. The number of guanidine groups is 1. The summed E-state index contributed by atoms with van der Waals surface area (Å²) < 4.78 is 16.6. The van der Waals surface area contributed by atoms with Gasteiger partial charge in [-0.2, -0.15) is 0 Å². The van der Waals surface area contributed by atoms with Crippen molar-refractivity contribution < 1.29 is 14.2 Å². The molecule has 0 aliphatic carbocycles. The van der Waals surface area contributed by atoms with Crippen molar-refractivity contribution in [1.82, 2.24) is 15.6 Å². The van der Waals surface area contributed by atoms with Crippen molar-refractivity contribution in [3.63, 3.8) is 0 Å². The molecule has 4 rings (SSSR count). The molecule has 0 fully saturated rings. The van der Waals surface area contributed by atoms with Gasteiger partial charge in [-0.05, 0) is 53.9 Å². The lowest BCUT2D eigenvalue weighted by Gasteiger charge is -2.13. The van der Waals surface area contributed by atoms with E-state index >= 15 is 0 Å². The molecule has 0 bridgehead atoms. The van der Waals surface area contributed by atoms with Crippen LogP contribution in [0.3, 0.4) is 0 Å². The SMILES string of the molecule is CN=C(NCCc1ccc2c(c1)OCO2)NCc1cccc(OCc2ccccn2)c1. The van der Waals surface area contributed by atoms with Crippen LogP contribution < -0.4 is 24.8 Å². The fourth-order valence-electron chi connectivity index (χ4n) is 3.21. The van der Waals surface area contributed by atoms with Crippen LogP contribution in [0.1, 0.15) is 16.8 Å². The molecule has 1 aliphatic heterocycles. The first-order valence-corrected chi connectivity index (χ1v) is 10.2. The van der Waals surface area contributed by atoms with Gasteiger partial charge in [-0.1, -0.05) is 24.3 Å². The number of pyridine rings is 1. The van der Waals surface area contributed by atoms with Gasteiger partial charge in [0.05, 0.1) is 5.69 Å². The molecule has 0 amide bonds. The zero-order valence-corrected chi connectivity index (χ0v) is 17.5. The third kappa shape index (κ3) is 5.88. The Balaban J connectivity index is 1.23. The Morgan fingerprint density at radius 2 is 1.94 bits per heavy atom. The van der Waals surface area contributed by atoms with Gasteiger partial charge in [0.1, 0.15) is 12.4 Å². The first-order chi connectivity index (χ1) is 15.3. The predicted molar refractivity (Wildman–Crippen MR) is 119 cm³/mol. The first kappa shape index (κ1) is 20.5. The van der Waals surface area contributed by atoms with Crippen LogP contribution >= 0.6 is 0 Å². The van der Waals surface area contributed by atoms with Crippen molar-refractivity contribution in [2.24, 2.45) is 4.99 Å². The van der Waals surface area contributed by atoms with Crippen molar-refractivity contribution >= 4 is 5.96 Å². The Morgan fingerprint density at radius 1 is 1.00 bits per heavy atom. The van der Waals surface area contributed by atoms with E-state index in [9.17, 15) is 0 Å². The summed E-state index contributed by atoms with van der Waals surface area (Å²) in [6.07, 6.45) is 2.62. The topological polar surface area (TPSA) is 77.0 Å². The fraction of sp³-hybridized carbons (Fsp3) is 0.250. The van der Waals surface area contributed by atoms with Crippen LogP contribution in [-0.2, 0) is 19.6 Å². The highest BCUT2D eigenvalue weighted by molar-refractivity contribution is 5.79. The van der Waals surface area contributed by atoms with E-state index in [4.69, 9.17) is 14.2 Å². The fourth-order valence-corrected chi connectivity index (χ4v) is 3.21. The Bertz CT molecular complexity index is 1020. The molecule has 2 aromatic carbocycles. The van der Waals surface area contributed by atoms with Gasteiger partial charge in [-0.15, -0.1) is 0 Å². The Hall–Kier alpha value is -3.74. The highest BCUT2D eigenvalue weighted by Crippen LogP contribution is 2.32. The number of hydrogen-bond acceptors (Lipinski definition) is 5. The molecule has 0 spiro atoms. The largest absolute Gasteiger partial charge is 0.487 e. The molecule has 3 aromatic rings. The number of ether oxygens (including phenoxy) is 3. The Kier molecular flexibility index (Phi) is 6.85. The third-order valence-corrected chi connectivity index (χ3v) is 4.84. The Labute approximate surface area is 182 Å². The summed E-state index contributed by atoms with van der Waals surface area (Å²) in [6.45, 7) is 2.14. The average Bonchev–Trinajstić information content (AvgIpc) is 3.29. The van der Waals surface area contributed by atoms with E-state index < -0.39 is 0 Å². The van der Waals surface area contributed by atoms with Crippen molar-refractivity contribution in [2.45, 2.75) is 19.6 Å². The number of rotatable bonds is 8. The summed E-state index contributed by atoms with van der Waals surface area (Å²) in [7, 11) is 1.77. The van der Waals surface area contributed by atoms with Crippen molar-refractivity contribution in [1.29, 1.82) is 0 Å². The second kappa shape index (κ2) is 10.3. The van der Waals surface area contributed by atoms with Crippen LogP contribution in [0.25, 0.3) is 0 Å². The minimum absolute atomic E-state index is 0.295. The van der Waals surface area contributed by atoms with E-state index in [-0.39, 0.29) is 0 Å². The molecule has 7 heteroatoms. The van der Waals surface area contributed by atoms with Crippen molar-refractivity contribution in [3.8, 4) is 17.2 Å². The number of hydrogen-bond donors (Lipinski definition) is 2. The van der Waals surface area contributed by atoms with E-state index in [0.29, 0.717) is 19.9 Å². The van der Waals surface area contributed by atoms with E-state index in [2.05, 4.69) is 32.7 Å². The van der Waals surface area contributed by atoms with Gasteiger partial charge in [-0.25, -0.2) is 0 Å². The van der Waals surface area contributed by atoms with Gasteiger partial charge in [0.25, 0.3) is 0 Å². The zero-order chi connectivity index (χ0) is 21.3. The molecule has 0 unspecified atom stereocenters. The smallest absolute Gasteiger partial charge is 0.231 e. The molecule has 7 nitrogen and oxygen atoms in total. The van der Waals surface area contributed by atoms with Crippen LogP contribution in [0.4, 0.5) is 0 Å². The van der Waals surface area contributed by atoms with E-state index in [1.54, 1.807) is 13.2 Å². The van der Waals surface area contributed by atoms with Gasteiger partial charge in [0.15, 0.2) is 17.5 Å². The minimum Gasteiger partial charge on any atom is -0.487 e. The lowest BCUT2D eigenvalue weighted by atomic mass is 10.1. The van der Waals surface area contributed by atoms with Crippen molar-refractivity contribution in [3.05, 3.63) is 83.7 Å². The lowest BCUT2D eigenvalue weighted by Crippen LogP contribution is -2.37. The summed E-state index contributed by atoms with van der Waals surface area (Å²) in [5.41, 5.74) is 3.19. The molecule has 160 valence electrons. The number of nitrogens with zero attached hydrogens (tertiary/aromatic N) is 2. The van der Waals surface area contributed by atoms with Gasteiger partial charge in [-0.3, -0.25) is 9.98 Å². The average molecular weight is 418 g/mol. The van der Waals surface area contributed by atoms with Gasteiger partial charge in [0.2, 0.25) is 6.79 Å². The second-order valence-electron chi connectivity index (χ2n) is 7.05. The predicted octanol–water partition coefficient (Wildman–Crippen LogP) is 3.30. The first-order valence-electron chi connectivity index (χ1n) is 10.2. The maximum Gasteiger partial charge on any atom is 0.231 e. The quantitative estimate of drug-likeness (QED) is 0.432. The number of aliphatic imine (C=N–C) groups is 1. The van der Waals surface area contributed by atoms with E-state index in [0.717, 1.165) is 47.4 Å². The van der Waals surface area contributed by atoms with E-state index in [1.807, 2.05) is 48.5 Å². The summed E-state index contributed by atoms with van der Waals surface area (Å²) in [6, 6.07) is 19.8. The molecule has 1 aliphatic rings. The van der Waals surface area contributed by atoms with Crippen LogP contribution in [0.2, 0.25) is 0 Å². The molecule has 2 N–H and O–H groups in total. The standard InChI is InChI=1S/C24H26N4O3/c1-25-24(27-12-10-18-8-9-22-23(14-18)31-17-30-22)28-15-19-5-4-7-21(13-19)29-16-20-6-2-3-11-26-20/h2-9,11,13-14H,10,12,15-17H2,1H3,(H2,25,27,28). The second-order valence-corrected chi connectivity index (χ2v) is 7.05. The van der Waals surface area contributed by atoms with Gasteiger partial charge in [0, 0.05) is 26.3 Å². The Morgan fingerprint density at radius 3 is 2.81 bits per heavy atom. The molecule has 0 atom stereocenters. The number of benzene rings is 2. The highest BCUT2D eigenvalue weighted by Gasteiger charge is 2.13. The number of fused-ring (bicyclic) bond motifs is 1. The van der Waals surface area contributed by atoms with Crippen LogP contribution in [0.5, 0.6) is 17.2 Å². The summed E-state index contributed by atoms with van der Waals surface area (Å²) in [5.74, 6) is 3.18. The third-order valence-electron chi connectivity index (χ3n) is 4.84. The normalized spacial score (nSPS) is 12.5. The molecule has 31 heavy (non-hydrogen) atoms. The zero-order valence-electron chi connectivity index (χ0n) is 17.5. The van der Waals surface area contributed by atoms with Crippen LogP contribution in [0.15, 0.2) is 71.9 Å². The number of nitrogens with one attached hydrogen (secondary N) is 2. The van der Waals surface area contributed by atoms with E-state index in [1.165, 1.54) is 5.56 Å². The van der Waals surface area contributed by atoms with Gasteiger partial charge < -0.3 is 24.8 Å². The molecular formula is C24H26N4O3. The molecule has 0 saturated carbocycles. The summed E-state index contributed by atoms with van der Waals surface area (Å²) >= 11 is 0. The summed E-state index contributed by atoms with van der Waals surface area (Å²) in [4.78, 5) is 8.58. The molecular weight excluding hydrogens is 392 g/mol. The maximum absolute atomic E-state index is 5.86.